The van der Waals surface area contributed by atoms with Crippen LogP contribution in [0.5, 0.6) is 0 Å². The molecule has 0 amide bonds. The fourth-order valence-electron chi connectivity index (χ4n) is 0.818. The van der Waals surface area contributed by atoms with E-state index in [1.54, 1.807) is 0 Å². The Kier molecular flexibility index (Phi) is 4.39. The van der Waals surface area contributed by atoms with Gasteiger partial charge in [-0.15, -0.1) is 0 Å². The van der Waals surface area contributed by atoms with Crippen molar-refractivity contribution < 1.29 is 40.8 Å². The molecule has 1 aromatic heterocycles. The van der Waals surface area contributed by atoms with Crippen molar-refractivity contribution in [2.45, 2.75) is 11.2 Å². The van der Waals surface area contributed by atoms with Gasteiger partial charge in [0.1, 0.15) is 10.6 Å². The average Bonchev–Trinajstić information content (AvgIpc) is 2.28. The molecule has 0 spiro atoms. The van der Waals surface area contributed by atoms with E-state index in [1.807, 2.05) is 0 Å². The predicted molar refractivity (Wildman–Crippen MR) is 35.4 cm³/mol. The van der Waals surface area contributed by atoms with Gasteiger partial charge < -0.3 is 4.55 Å². The Morgan fingerprint density at radius 3 is 2.36 bits per heavy atom. The van der Waals surface area contributed by atoms with Crippen molar-refractivity contribution in [3.8, 4) is 0 Å². The Balaban J connectivity index is 0.00000169. The molecule has 1 unspecified atom stereocenters. The SMILES string of the molecule is Cn1ncc(C(F)(F)F)c1S(=O)[O-].[Li+]. The van der Waals surface area contributed by atoms with Gasteiger partial charge in [0.05, 0.1) is 6.20 Å². The van der Waals surface area contributed by atoms with Crippen LogP contribution in [0.4, 0.5) is 13.2 Å². The molecule has 0 aromatic carbocycles. The van der Waals surface area contributed by atoms with E-state index in [2.05, 4.69) is 5.10 Å². The van der Waals surface area contributed by atoms with Crippen LogP contribution in [-0.2, 0) is 24.3 Å². The fourth-order valence-corrected chi connectivity index (χ4v) is 1.43. The number of halogens is 3. The van der Waals surface area contributed by atoms with E-state index in [9.17, 15) is 21.9 Å². The molecule has 74 valence electrons. The molecular formula is C5H4F3LiN2O2S. The molecule has 9 heteroatoms. The third-order valence-corrected chi connectivity index (χ3v) is 2.15. The van der Waals surface area contributed by atoms with E-state index in [0.717, 1.165) is 7.05 Å². The quantitative estimate of drug-likeness (QED) is 0.394. The van der Waals surface area contributed by atoms with Gasteiger partial charge in [0.15, 0.2) is 0 Å². The van der Waals surface area contributed by atoms with E-state index in [0.29, 0.717) is 10.9 Å². The molecule has 0 fully saturated rings. The first-order chi connectivity index (χ1) is 5.84. The number of nitrogens with zero attached hydrogens (tertiary/aromatic N) is 2. The summed E-state index contributed by atoms with van der Waals surface area (Å²) in [6.45, 7) is 0. The van der Waals surface area contributed by atoms with E-state index in [4.69, 9.17) is 0 Å². The second-order valence-corrected chi connectivity index (χ2v) is 3.08. The van der Waals surface area contributed by atoms with Crippen molar-refractivity contribution in [2.75, 3.05) is 0 Å². The van der Waals surface area contributed by atoms with Crippen molar-refractivity contribution in [3.63, 3.8) is 0 Å². The number of rotatable bonds is 1. The van der Waals surface area contributed by atoms with Crippen molar-refractivity contribution in [1.82, 2.24) is 9.78 Å². The second kappa shape index (κ2) is 4.48. The summed E-state index contributed by atoms with van der Waals surface area (Å²) in [5, 5.41) is 2.35. The monoisotopic (exact) mass is 220 g/mol. The summed E-state index contributed by atoms with van der Waals surface area (Å²) in [4.78, 5) is 0. The van der Waals surface area contributed by atoms with Gasteiger partial charge in [0.2, 0.25) is 0 Å². The van der Waals surface area contributed by atoms with Gasteiger partial charge in [-0.05, 0) is 11.1 Å². The molecule has 1 heterocycles. The van der Waals surface area contributed by atoms with E-state index in [1.165, 1.54) is 0 Å². The molecule has 1 atom stereocenters. The minimum Gasteiger partial charge on any atom is -0.767 e. The maximum Gasteiger partial charge on any atom is 1.00 e. The molecule has 0 bridgehead atoms. The van der Waals surface area contributed by atoms with Crippen LogP contribution in [0.25, 0.3) is 0 Å². The molecule has 4 nitrogen and oxygen atoms in total. The predicted octanol–water partition coefficient (Wildman–Crippen LogP) is -2.32. The summed E-state index contributed by atoms with van der Waals surface area (Å²) in [6, 6.07) is 0. The molecule has 0 N–H and O–H groups in total. The summed E-state index contributed by atoms with van der Waals surface area (Å²) in [7, 11) is 1.13. The maximum atomic E-state index is 12.1. The van der Waals surface area contributed by atoms with E-state index < -0.39 is 27.8 Å². The van der Waals surface area contributed by atoms with Crippen molar-refractivity contribution in [3.05, 3.63) is 11.8 Å². The molecule has 0 radical (unpaired) electrons. The molecule has 1 rings (SSSR count). The Labute approximate surface area is 91.9 Å². The molecule has 0 aliphatic rings. The van der Waals surface area contributed by atoms with Crippen LogP contribution in [-0.4, -0.2) is 18.5 Å². The summed E-state index contributed by atoms with van der Waals surface area (Å²) in [5.74, 6) is 0. The zero-order valence-electron chi connectivity index (χ0n) is 7.33. The van der Waals surface area contributed by atoms with Crippen molar-refractivity contribution in [1.29, 1.82) is 0 Å². The summed E-state index contributed by atoms with van der Waals surface area (Å²) in [6.07, 6.45) is -4.21. The Morgan fingerprint density at radius 1 is 1.57 bits per heavy atom. The van der Waals surface area contributed by atoms with E-state index in [-0.39, 0.29) is 18.9 Å². The van der Waals surface area contributed by atoms with Crippen LogP contribution < -0.4 is 18.9 Å². The van der Waals surface area contributed by atoms with Crippen LogP contribution >= 0.6 is 0 Å². The zero-order valence-corrected chi connectivity index (χ0v) is 8.15. The first-order valence-corrected chi connectivity index (χ1v) is 4.10. The molecule has 0 saturated heterocycles. The van der Waals surface area contributed by atoms with Crippen molar-refractivity contribution >= 4 is 11.1 Å². The van der Waals surface area contributed by atoms with Crippen LogP contribution in [0.1, 0.15) is 5.56 Å². The van der Waals surface area contributed by atoms with E-state index >= 15 is 0 Å². The summed E-state index contributed by atoms with van der Waals surface area (Å²) < 4.78 is 57.7. The fraction of sp³-hybridized carbons (Fsp3) is 0.400. The molecule has 0 aliphatic carbocycles. The van der Waals surface area contributed by atoms with Gasteiger partial charge in [-0.1, -0.05) is 0 Å². The number of aryl methyl sites for hydroxylation is 1. The molecular weight excluding hydrogens is 216 g/mol. The van der Waals surface area contributed by atoms with Gasteiger partial charge in [-0.25, -0.2) is 0 Å². The van der Waals surface area contributed by atoms with Crippen molar-refractivity contribution in [2.24, 2.45) is 7.05 Å². The third kappa shape index (κ3) is 2.60. The maximum absolute atomic E-state index is 12.1. The normalized spacial score (nSPS) is 13.5. The van der Waals surface area contributed by atoms with Gasteiger partial charge in [0.25, 0.3) is 0 Å². The topological polar surface area (TPSA) is 58.0 Å². The standard InChI is InChI=1S/C5H5F3N2O2S.Li/c1-10-4(13(11)12)3(2-9-10)5(6,7)8;/h2H,1H3,(H,11,12);/q;+1/p-1. The summed E-state index contributed by atoms with van der Waals surface area (Å²) >= 11 is -2.94. The Bertz CT molecular complexity index is 351. The number of aromatic nitrogens is 2. The van der Waals surface area contributed by atoms with Gasteiger partial charge in [0, 0.05) is 7.05 Å². The number of hydrogen-bond donors (Lipinski definition) is 0. The van der Waals surface area contributed by atoms with Crippen LogP contribution in [0.15, 0.2) is 11.2 Å². The first-order valence-electron chi connectivity index (χ1n) is 3.02. The largest absolute Gasteiger partial charge is 1.00 e. The minimum atomic E-state index is -4.69. The van der Waals surface area contributed by atoms with Gasteiger partial charge in [-0.3, -0.25) is 8.89 Å². The zero-order chi connectivity index (χ0) is 10.2. The molecule has 0 saturated carbocycles. The van der Waals surface area contributed by atoms with Gasteiger partial charge in [-0.2, -0.15) is 18.3 Å². The van der Waals surface area contributed by atoms with Crippen LogP contribution in [0.3, 0.4) is 0 Å². The van der Waals surface area contributed by atoms with Gasteiger partial charge >= 0.3 is 25.0 Å². The number of hydrogen-bond acceptors (Lipinski definition) is 3. The van der Waals surface area contributed by atoms with Crippen LogP contribution in [0, 0.1) is 0 Å². The first kappa shape index (κ1) is 13.7. The Morgan fingerprint density at radius 2 is 2.07 bits per heavy atom. The molecule has 0 aliphatic heterocycles. The average molecular weight is 220 g/mol. The molecule has 1 aromatic rings. The van der Waals surface area contributed by atoms with Crippen LogP contribution in [0.2, 0.25) is 0 Å². The minimum absolute atomic E-state index is 0. The summed E-state index contributed by atoms with van der Waals surface area (Å²) in [5.41, 5.74) is -1.25. The smallest absolute Gasteiger partial charge is 0.767 e. The Hall–Kier alpha value is -0.293. The second-order valence-electron chi connectivity index (χ2n) is 2.22. The molecule has 14 heavy (non-hydrogen) atoms. The number of alkyl halides is 3. The third-order valence-electron chi connectivity index (χ3n) is 1.35.